The van der Waals surface area contributed by atoms with E-state index in [2.05, 4.69) is 17.2 Å². The lowest BCUT2D eigenvalue weighted by atomic mass is 10.2. The molecule has 0 radical (unpaired) electrons. The van der Waals surface area contributed by atoms with Crippen molar-refractivity contribution in [2.45, 2.75) is 44.4 Å². The molecule has 1 aromatic heterocycles. The van der Waals surface area contributed by atoms with Crippen LogP contribution in [0.2, 0.25) is 0 Å². The first kappa shape index (κ1) is 16.9. The zero-order chi connectivity index (χ0) is 15.0. The molecule has 1 rings (SSSR count). The highest BCUT2D eigenvalue weighted by Crippen LogP contribution is 2.23. The number of nitrogens with zero attached hydrogens (tertiary/aromatic N) is 2. The quantitative estimate of drug-likeness (QED) is 0.712. The van der Waals surface area contributed by atoms with Crippen LogP contribution < -0.4 is 5.32 Å². The predicted molar refractivity (Wildman–Crippen MR) is 82.4 cm³/mol. The van der Waals surface area contributed by atoms with Crippen LogP contribution in [0.3, 0.4) is 0 Å². The number of unbranched alkanes of at least 4 members (excludes halogenated alkanes) is 2. The number of sulfonamides is 1. The molecular weight excluding hydrogens is 274 g/mol. The molecule has 20 heavy (non-hydrogen) atoms. The van der Waals surface area contributed by atoms with Crippen molar-refractivity contribution in [3.8, 4) is 0 Å². The van der Waals surface area contributed by atoms with Gasteiger partial charge in [-0.2, -0.15) is 0 Å². The molecular formula is C14H25N3O2S. The lowest BCUT2D eigenvalue weighted by Crippen LogP contribution is -2.28. The molecule has 114 valence electrons. The zero-order valence-corrected chi connectivity index (χ0v) is 13.4. The van der Waals surface area contributed by atoms with Crippen molar-refractivity contribution < 1.29 is 8.42 Å². The predicted octanol–water partition coefficient (Wildman–Crippen LogP) is 2.71. The van der Waals surface area contributed by atoms with Gasteiger partial charge in [0.25, 0.3) is 0 Å². The maximum absolute atomic E-state index is 12.6. The van der Waals surface area contributed by atoms with Gasteiger partial charge in [0.1, 0.15) is 4.90 Å². The average molecular weight is 299 g/mol. The SMILES string of the molecule is CCCCCN(C)S(=O)(=O)c1cnccc1NCCC. The molecule has 5 nitrogen and oxygen atoms in total. The summed E-state index contributed by atoms with van der Waals surface area (Å²) in [7, 11) is -1.85. The standard InChI is InChI=1S/C14H25N3O2S/c1-4-6-7-11-17(3)20(18,19)14-12-15-10-8-13(14)16-9-5-2/h8,10,12H,4-7,9,11H2,1-3H3,(H,15,16). The molecule has 0 atom stereocenters. The van der Waals surface area contributed by atoms with Gasteiger partial charge in [0, 0.05) is 32.5 Å². The summed E-state index contributed by atoms with van der Waals surface area (Å²) in [4.78, 5) is 4.21. The monoisotopic (exact) mass is 299 g/mol. The minimum atomic E-state index is -3.47. The molecule has 0 saturated carbocycles. The van der Waals surface area contributed by atoms with Crippen molar-refractivity contribution in [1.29, 1.82) is 0 Å². The number of hydrogen-bond donors (Lipinski definition) is 1. The Morgan fingerprint density at radius 1 is 1.25 bits per heavy atom. The van der Waals surface area contributed by atoms with Crippen molar-refractivity contribution in [3.05, 3.63) is 18.5 Å². The number of pyridine rings is 1. The summed E-state index contributed by atoms with van der Waals surface area (Å²) in [6.07, 6.45) is 6.95. The molecule has 0 fully saturated rings. The second-order valence-corrected chi connectivity index (χ2v) is 6.85. The summed E-state index contributed by atoms with van der Waals surface area (Å²) in [6, 6.07) is 1.71. The normalized spacial score (nSPS) is 11.8. The van der Waals surface area contributed by atoms with Gasteiger partial charge in [0.05, 0.1) is 5.69 Å². The molecule has 0 aliphatic heterocycles. The molecule has 1 aromatic rings. The van der Waals surface area contributed by atoms with Crippen LogP contribution in [-0.4, -0.2) is 37.8 Å². The van der Waals surface area contributed by atoms with Gasteiger partial charge >= 0.3 is 0 Å². The molecule has 0 aliphatic rings. The number of nitrogens with one attached hydrogen (secondary N) is 1. The van der Waals surface area contributed by atoms with E-state index in [4.69, 9.17) is 0 Å². The van der Waals surface area contributed by atoms with E-state index in [-0.39, 0.29) is 4.90 Å². The largest absolute Gasteiger partial charge is 0.384 e. The second kappa shape index (κ2) is 8.21. The number of hydrogen-bond acceptors (Lipinski definition) is 4. The third-order valence-corrected chi connectivity index (χ3v) is 5.00. The smallest absolute Gasteiger partial charge is 0.246 e. The van der Waals surface area contributed by atoms with Crippen molar-refractivity contribution in [1.82, 2.24) is 9.29 Å². The van der Waals surface area contributed by atoms with Gasteiger partial charge in [0.15, 0.2) is 0 Å². The Morgan fingerprint density at radius 2 is 2.00 bits per heavy atom. The van der Waals surface area contributed by atoms with E-state index in [1.165, 1.54) is 10.5 Å². The van der Waals surface area contributed by atoms with Crippen LogP contribution in [0.5, 0.6) is 0 Å². The minimum absolute atomic E-state index is 0.257. The van der Waals surface area contributed by atoms with Crippen LogP contribution in [-0.2, 0) is 10.0 Å². The van der Waals surface area contributed by atoms with Crippen molar-refractivity contribution in [3.63, 3.8) is 0 Å². The lowest BCUT2D eigenvalue weighted by molar-refractivity contribution is 0.454. The zero-order valence-electron chi connectivity index (χ0n) is 12.6. The van der Waals surface area contributed by atoms with Crippen LogP contribution in [0, 0.1) is 0 Å². The lowest BCUT2D eigenvalue weighted by Gasteiger charge is -2.19. The van der Waals surface area contributed by atoms with E-state index < -0.39 is 10.0 Å². The maximum atomic E-state index is 12.6. The van der Waals surface area contributed by atoms with Crippen LogP contribution in [0.4, 0.5) is 5.69 Å². The van der Waals surface area contributed by atoms with E-state index in [9.17, 15) is 8.42 Å². The van der Waals surface area contributed by atoms with E-state index in [1.807, 2.05) is 6.92 Å². The summed E-state index contributed by atoms with van der Waals surface area (Å²) < 4.78 is 26.5. The maximum Gasteiger partial charge on any atom is 0.246 e. The molecule has 0 aliphatic carbocycles. The number of rotatable bonds is 9. The van der Waals surface area contributed by atoms with Crippen LogP contribution in [0.25, 0.3) is 0 Å². The third-order valence-electron chi connectivity index (χ3n) is 3.11. The fraction of sp³-hybridized carbons (Fsp3) is 0.643. The average Bonchev–Trinajstić information content (AvgIpc) is 2.45. The summed E-state index contributed by atoms with van der Waals surface area (Å²) in [6.45, 7) is 5.42. The van der Waals surface area contributed by atoms with E-state index in [0.29, 0.717) is 12.2 Å². The van der Waals surface area contributed by atoms with Gasteiger partial charge in [-0.3, -0.25) is 4.98 Å². The van der Waals surface area contributed by atoms with E-state index in [0.717, 1.165) is 32.2 Å². The molecule has 6 heteroatoms. The van der Waals surface area contributed by atoms with Gasteiger partial charge in [-0.1, -0.05) is 26.7 Å². The second-order valence-electron chi connectivity index (χ2n) is 4.83. The van der Waals surface area contributed by atoms with Gasteiger partial charge in [0.2, 0.25) is 10.0 Å². The van der Waals surface area contributed by atoms with Crippen LogP contribution in [0.15, 0.2) is 23.4 Å². The van der Waals surface area contributed by atoms with Crippen molar-refractivity contribution >= 4 is 15.7 Å². The summed E-state index contributed by atoms with van der Waals surface area (Å²) in [5.41, 5.74) is 0.629. The minimum Gasteiger partial charge on any atom is -0.384 e. The fourth-order valence-corrected chi connectivity index (χ4v) is 3.18. The molecule has 0 saturated heterocycles. The first-order chi connectivity index (χ1) is 9.54. The highest BCUT2D eigenvalue weighted by atomic mass is 32.2. The summed E-state index contributed by atoms with van der Waals surface area (Å²) in [5, 5.41) is 3.15. The molecule has 0 amide bonds. The van der Waals surface area contributed by atoms with Crippen molar-refractivity contribution in [2.75, 3.05) is 25.5 Å². The first-order valence-electron chi connectivity index (χ1n) is 7.18. The summed E-state index contributed by atoms with van der Waals surface area (Å²) in [5.74, 6) is 0. The molecule has 0 unspecified atom stereocenters. The Balaban J connectivity index is 2.90. The van der Waals surface area contributed by atoms with Gasteiger partial charge in [-0.25, -0.2) is 12.7 Å². The Bertz CT molecular complexity index is 503. The van der Waals surface area contributed by atoms with Gasteiger partial charge in [-0.15, -0.1) is 0 Å². The van der Waals surface area contributed by atoms with E-state index in [1.54, 1.807) is 19.3 Å². The third kappa shape index (κ3) is 4.45. The van der Waals surface area contributed by atoms with E-state index >= 15 is 0 Å². The van der Waals surface area contributed by atoms with Gasteiger partial charge in [-0.05, 0) is 18.9 Å². The molecule has 0 spiro atoms. The number of aromatic nitrogens is 1. The van der Waals surface area contributed by atoms with Crippen LogP contribution in [0.1, 0.15) is 39.5 Å². The highest BCUT2D eigenvalue weighted by molar-refractivity contribution is 7.89. The van der Waals surface area contributed by atoms with Crippen LogP contribution >= 0.6 is 0 Å². The Hall–Kier alpha value is -1.14. The molecule has 1 N–H and O–H groups in total. The Kier molecular flexibility index (Phi) is 6.95. The Labute approximate surface area is 122 Å². The summed E-state index contributed by atoms with van der Waals surface area (Å²) >= 11 is 0. The molecule has 0 bridgehead atoms. The topological polar surface area (TPSA) is 62.3 Å². The molecule has 1 heterocycles. The Morgan fingerprint density at radius 3 is 2.65 bits per heavy atom. The highest BCUT2D eigenvalue weighted by Gasteiger charge is 2.23. The molecule has 0 aromatic carbocycles. The number of anilines is 1. The van der Waals surface area contributed by atoms with Gasteiger partial charge < -0.3 is 5.32 Å². The fourth-order valence-electron chi connectivity index (χ4n) is 1.86. The van der Waals surface area contributed by atoms with Crippen molar-refractivity contribution in [2.24, 2.45) is 0 Å². The first-order valence-corrected chi connectivity index (χ1v) is 8.62.